The summed E-state index contributed by atoms with van der Waals surface area (Å²) >= 11 is 0. The first kappa shape index (κ1) is 24.1. The van der Waals surface area contributed by atoms with Crippen molar-refractivity contribution in [3.05, 3.63) is 54.1 Å². The lowest BCUT2D eigenvalue weighted by Crippen LogP contribution is -2.51. The summed E-state index contributed by atoms with van der Waals surface area (Å²) in [5, 5.41) is 7.12. The zero-order valence-corrected chi connectivity index (χ0v) is 21.1. The number of fused-ring (bicyclic) bond motifs is 3. The van der Waals surface area contributed by atoms with E-state index < -0.39 is 0 Å². The Balaban J connectivity index is 1.36. The van der Waals surface area contributed by atoms with Crippen LogP contribution in [0.25, 0.3) is 0 Å². The van der Waals surface area contributed by atoms with E-state index in [0.29, 0.717) is 24.3 Å². The van der Waals surface area contributed by atoms with Crippen LogP contribution in [0.4, 0.5) is 5.69 Å². The first-order chi connectivity index (χ1) is 17.2. The van der Waals surface area contributed by atoms with Gasteiger partial charge >= 0.3 is 0 Å². The topological polar surface area (TPSA) is 61.4 Å². The number of allylic oxidation sites excluding steroid dienone is 3. The Morgan fingerprint density at radius 2 is 1.94 bits per heavy atom. The summed E-state index contributed by atoms with van der Waals surface area (Å²) in [5.41, 5.74) is 2.43. The maximum atomic E-state index is 14.1. The number of anilines is 1. The van der Waals surface area contributed by atoms with Gasteiger partial charge in [0.2, 0.25) is 11.8 Å². The lowest BCUT2D eigenvalue weighted by Gasteiger charge is -2.44. The van der Waals surface area contributed by atoms with Crippen LogP contribution < -0.4 is 10.6 Å². The zero-order valence-electron chi connectivity index (χ0n) is 21.1. The van der Waals surface area contributed by atoms with Gasteiger partial charge in [-0.05, 0) is 43.7 Å². The van der Waals surface area contributed by atoms with Crippen molar-refractivity contribution in [1.29, 1.82) is 0 Å². The smallest absolute Gasteiger partial charge is 0.228 e. The molecule has 4 aliphatic rings. The van der Waals surface area contributed by atoms with Gasteiger partial charge in [0.25, 0.3) is 0 Å². The first-order valence-corrected chi connectivity index (χ1v) is 14.0. The summed E-state index contributed by atoms with van der Waals surface area (Å²) in [7, 11) is 0. The van der Waals surface area contributed by atoms with Crippen molar-refractivity contribution >= 4 is 17.5 Å². The Morgan fingerprint density at radius 1 is 1.09 bits per heavy atom. The molecule has 188 valence electrons. The summed E-state index contributed by atoms with van der Waals surface area (Å²) in [6.45, 7) is 2.96. The third-order valence-electron chi connectivity index (χ3n) is 8.70. The highest BCUT2D eigenvalue weighted by Crippen LogP contribution is 2.49. The molecule has 2 aliphatic carbocycles. The van der Waals surface area contributed by atoms with E-state index >= 15 is 0 Å². The van der Waals surface area contributed by atoms with Crippen LogP contribution >= 0.6 is 0 Å². The second-order valence-corrected chi connectivity index (χ2v) is 10.9. The SMILES string of the molecule is CCCCCC(=O)N[C@@H]1CCCC[C@@H]1C(=O)N1CC[C@@H]2[C@H](C3C=CC=CC3)Nc3ccccc3[C@@H]21. The Labute approximate surface area is 210 Å². The fraction of sp³-hybridized carbons (Fsp3) is 0.600. The highest BCUT2D eigenvalue weighted by molar-refractivity contribution is 5.83. The summed E-state index contributed by atoms with van der Waals surface area (Å²) < 4.78 is 0. The number of hydrogen-bond donors (Lipinski definition) is 2. The predicted molar refractivity (Wildman–Crippen MR) is 141 cm³/mol. The van der Waals surface area contributed by atoms with Crippen molar-refractivity contribution in [3.63, 3.8) is 0 Å². The van der Waals surface area contributed by atoms with Gasteiger partial charge in [0.05, 0.1) is 12.0 Å². The first-order valence-electron chi connectivity index (χ1n) is 14.0. The molecule has 1 saturated heterocycles. The molecule has 0 aromatic heterocycles. The van der Waals surface area contributed by atoms with Crippen LogP contribution in [0.3, 0.4) is 0 Å². The summed E-state index contributed by atoms with van der Waals surface area (Å²) in [6, 6.07) is 8.98. The number of nitrogens with zero attached hydrogens (tertiary/aromatic N) is 1. The molecule has 1 unspecified atom stereocenters. The van der Waals surface area contributed by atoms with Gasteiger partial charge in [0.1, 0.15) is 0 Å². The number of unbranched alkanes of at least 4 members (excludes halogenated alkanes) is 2. The Bertz CT molecular complexity index is 970. The van der Waals surface area contributed by atoms with Crippen LogP contribution in [0.1, 0.15) is 82.7 Å². The van der Waals surface area contributed by atoms with Gasteiger partial charge in [-0.3, -0.25) is 9.59 Å². The second kappa shape index (κ2) is 11.0. The van der Waals surface area contributed by atoms with Gasteiger partial charge in [-0.2, -0.15) is 0 Å². The molecule has 35 heavy (non-hydrogen) atoms. The van der Waals surface area contributed by atoms with Gasteiger partial charge in [-0.1, -0.05) is 75.1 Å². The number of likely N-dealkylation sites (tertiary alicyclic amines) is 1. The van der Waals surface area contributed by atoms with E-state index in [-0.39, 0.29) is 29.8 Å². The van der Waals surface area contributed by atoms with Crippen LogP contribution in [0.15, 0.2) is 48.6 Å². The van der Waals surface area contributed by atoms with Crippen molar-refractivity contribution in [2.45, 2.75) is 89.3 Å². The van der Waals surface area contributed by atoms with E-state index in [1.165, 1.54) is 11.3 Å². The van der Waals surface area contributed by atoms with E-state index in [2.05, 4.69) is 71.0 Å². The number of hydrogen-bond acceptors (Lipinski definition) is 3. The molecule has 1 saturated carbocycles. The standard InChI is InChI=1S/C30H41N3O2/c1-2-3-5-18-27(34)31-26-17-11-9-15-23(26)30(35)33-20-19-24-28(21-12-6-4-7-13-21)32-25-16-10-8-14-22(25)29(24)33/h4,6-8,10,12,14,16,21,23-24,26,28-29,32H,2-3,5,9,11,13,15,17-20H2,1H3,(H,31,34)/t21?,23-,24+,26+,28-,29-/m0/s1. The van der Waals surface area contributed by atoms with Crippen LogP contribution in [-0.2, 0) is 9.59 Å². The minimum Gasteiger partial charge on any atom is -0.381 e. The van der Waals surface area contributed by atoms with E-state index in [1.807, 2.05) is 0 Å². The minimum atomic E-state index is -0.101. The number of benzene rings is 1. The Hall–Kier alpha value is -2.56. The maximum absolute atomic E-state index is 14.1. The van der Waals surface area contributed by atoms with E-state index in [4.69, 9.17) is 0 Å². The molecular formula is C30H41N3O2. The number of rotatable bonds is 7. The third-order valence-corrected chi connectivity index (χ3v) is 8.70. The fourth-order valence-corrected chi connectivity index (χ4v) is 6.93. The van der Waals surface area contributed by atoms with Gasteiger partial charge in [-0.25, -0.2) is 0 Å². The van der Waals surface area contributed by atoms with Crippen molar-refractivity contribution in [3.8, 4) is 0 Å². The van der Waals surface area contributed by atoms with Crippen LogP contribution in [0.5, 0.6) is 0 Å². The van der Waals surface area contributed by atoms with E-state index in [0.717, 1.165) is 64.3 Å². The zero-order chi connectivity index (χ0) is 24.2. The number of nitrogens with one attached hydrogen (secondary N) is 2. The van der Waals surface area contributed by atoms with Crippen LogP contribution in [0, 0.1) is 17.8 Å². The average Bonchev–Trinajstić information content (AvgIpc) is 3.34. The average molecular weight is 476 g/mol. The molecule has 1 aromatic rings. The van der Waals surface area contributed by atoms with Crippen molar-refractivity contribution in [2.75, 3.05) is 11.9 Å². The van der Waals surface area contributed by atoms with Crippen molar-refractivity contribution in [2.24, 2.45) is 17.8 Å². The molecule has 1 aromatic carbocycles. The number of carbonyl (C=O) groups is 2. The molecule has 2 heterocycles. The molecule has 2 fully saturated rings. The molecule has 2 N–H and O–H groups in total. The minimum absolute atomic E-state index is 0.0244. The number of amides is 2. The van der Waals surface area contributed by atoms with Crippen molar-refractivity contribution < 1.29 is 9.59 Å². The Morgan fingerprint density at radius 3 is 2.77 bits per heavy atom. The third kappa shape index (κ3) is 5.05. The van der Waals surface area contributed by atoms with Gasteiger partial charge in [-0.15, -0.1) is 0 Å². The largest absolute Gasteiger partial charge is 0.381 e. The lowest BCUT2D eigenvalue weighted by atomic mass is 9.75. The van der Waals surface area contributed by atoms with E-state index in [9.17, 15) is 9.59 Å². The quantitative estimate of drug-likeness (QED) is 0.493. The molecule has 0 spiro atoms. The summed E-state index contributed by atoms with van der Waals surface area (Å²) in [5.74, 6) is 1.12. The lowest BCUT2D eigenvalue weighted by molar-refractivity contribution is -0.139. The Kier molecular flexibility index (Phi) is 7.60. The van der Waals surface area contributed by atoms with Crippen LogP contribution in [-0.4, -0.2) is 35.3 Å². The second-order valence-electron chi connectivity index (χ2n) is 10.9. The van der Waals surface area contributed by atoms with Crippen molar-refractivity contribution in [1.82, 2.24) is 10.2 Å². The molecule has 2 aliphatic heterocycles. The van der Waals surface area contributed by atoms with E-state index in [1.54, 1.807) is 0 Å². The number of para-hydroxylation sites is 1. The summed E-state index contributed by atoms with van der Waals surface area (Å²) in [4.78, 5) is 28.9. The maximum Gasteiger partial charge on any atom is 0.228 e. The molecule has 5 rings (SSSR count). The highest BCUT2D eigenvalue weighted by Gasteiger charge is 2.49. The summed E-state index contributed by atoms with van der Waals surface area (Å²) in [6.07, 6.45) is 18.6. The molecule has 0 radical (unpaired) electrons. The molecule has 5 nitrogen and oxygen atoms in total. The molecule has 6 atom stereocenters. The van der Waals surface area contributed by atoms with Gasteiger partial charge < -0.3 is 15.5 Å². The number of carbonyl (C=O) groups excluding carboxylic acids is 2. The molecule has 2 amide bonds. The van der Waals surface area contributed by atoms with Gasteiger partial charge in [0, 0.05) is 42.6 Å². The monoisotopic (exact) mass is 475 g/mol. The van der Waals surface area contributed by atoms with Crippen LogP contribution in [0.2, 0.25) is 0 Å². The molecule has 5 heteroatoms. The normalized spacial score (nSPS) is 31.4. The molecule has 0 bridgehead atoms. The van der Waals surface area contributed by atoms with Gasteiger partial charge in [0.15, 0.2) is 0 Å². The predicted octanol–water partition coefficient (Wildman–Crippen LogP) is 5.76. The molecular weight excluding hydrogens is 434 g/mol. The highest BCUT2D eigenvalue weighted by atomic mass is 16.2. The fourth-order valence-electron chi connectivity index (χ4n) is 6.93.